The lowest BCUT2D eigenvalue weighted by Gasteiger charge is -2.05. The molecule has 0 saturated heterocycles. The Kier molecular flexibility index (Phi) is 5.99. The van der Waals surface area contributed by atoms with E-state index in [2.05, 4.69) is 10.5 Å². The van der Waals surface area contributed by atoms with E-state index >= 15 is 0 Å². The summed E-state index contributed by atoms with van der Waals surface area (Å²) >= 11 is 7.34. The summed E-state index contributed by atoms with van der Waals surface area (Å²) in [5, 5.41) is 5.32. The fourth-order valence-corrected chi connectivity index (χ4v) is 3.03. The molecule has 1 aromatic heterocycles. The van der Waals surface area contributed by atoms with Gasteiger partial charge in [0, 0.05) is 9.92 Å². The molecule has 26 heavy (non-hydrogen) atoms. The van der Waals surface area contributed by atoms with Crippen LogP contribution in [0.1, 0.15) is 16.1 Å². The van der Waals surface area contributed by atoms with Crippen molar-refractivity contribution in [1.29, 1.82) is 0 Å². The third-order valence-electron chi connectivity index (χ3n) is 3.34. The number of halogens is 1. The number of methoxy groups -OCH3 is 1. The van der Waals surface area contributed by atoms with Gasteiger partial charge in [-0.2, -0.15) is 5.10 Å². The van der Waals surface area contributed by atoms with Crippen LogP contribution in [0.4, 0.5) is 0 Å². The van der Waals surface area contributed by atoms with Crippen LogP contribution in [0.3, 0.4) is 0 Å². The predicted octanol–water partition coefficient (Wildman–Crippen LogP) is 4.86. The van der Waals surface area contributed by atoms with E-state index < -0.39 is 0 Å². The summed E-state index contributed by atoms with van der Waals surface area (Å²) < 4.78 is 10.8. The first-order valence-electron chi connectivity index (χ1n) is 7.65. The predicted molar refractivity (Wildman–Crippen MR) is 102 cm³/mol. The topological polar surface area (TPSA) is 63.8 Å². The van der Waals surface area contributed by atoms with Gasteiger partial charge in [-0.3, -0.25) is 4.79 Å². The van der Waals surface area contributed by atoms with E-state index in [9.17, 15) is 4.79 Å². The number of benzene rings is 2. The quantitative estimate of drug-likeness (QED) is 0.485. The van der Waals surface area contributed by atoms with Crippen LogP contribution in [-0.2, 0) is 0 Å². The van der Waals surface area contributed by atoms with Crippen LogP contribution >= 0.6 is 23.4 Å². The van der Waals surface area contributed by atoms with Gasteiger partial charge in [-0.25, -0.2) is 5.43 Å². The third-order valence-corrected chi connectivity index (χ3v) is 4.52. The number of hydrogen-bond donors (Lipinski definition) is 1. The molecule has 0 fully saturated rings. The van der Waals surface area contributed by atoms with Gasteiger partial charge in [-0.1, -0.05) is 35.5 Å². The molecule has 0 aliphatic rings. The molecule has 1 amide bonds. The zero-order valence-corrected chi connectivity index (χ0v) is 15.4. The van der Waals surface area contributed by atoms with Crippen LogP contribution in [0.2, 0.25) is 5.02 Å². The van der Waals surface area contributed by atoms with E-state index in [1.807, 2.05) is 30.3 Å². The summed E-state index contributed by atoms with van der Waals surface area (Å²) in [6.07, 6.45) is 1.44. The molecule has 0 radical (unpaired) electrons. The van der Waals surface area contributed by atoms with Crippen LogP contribution in [0, 0.1) is 0 Å². The zero-order valence-electron chi connectivity index (χ0n) is 13.8. The average Bonchev–Trinajstić information content (AvgIpc) is 3.10. The molecule has 0 bridgehead atoms. The number of amides is 1. The minimum Gasteiger partial charge on any atom is -0.496 e. The van der Waals surface area contributed by atoms with Crippen LogP contribution < -0.4 is 10.2 Å². The first-order valence-corrected chi connectivity index (χ1v) is 8.85. The van der Waals surface area contributed by atoms with Crippen molar-refractivity contribution in [1.82, 2.24) is 5.43 Å². The van der Waals surface area contributed by atoms with Gasteiger partial charge < -0.3 is 9.15 Å². The van der Waals surface area contributed by atoms with Crippen molar-refractivity contribution in [3.8, 4) is 5.75 Å². The Morgan fingerprint density at radius 3 is 2.69 bits per heavy atom. The van der Waals surface area contributed by atoms with E-state index in [0.29, 0.717) is 27.2 Å². The highest BCUT2D eigenvalue weighted by Crippen LogP contribution is 2.29. The molecular weight excluding hydrogens is 372 g/mol. The smallest absolute Gasteiger partial charge is 0.275 e. The van der Waals surface area contributed by atoms with Crippen molar-refractivity contribution in [3.05, 3.63) is 77.0 Å². The van der Waals surface area contributed by atoms with E-state index in [-0.39, 0.29) is 5.91 Å². The molecule has 132 valence electrons. The summed E-state index contributed by atoms with van der Waals surface area (Å²) in [5.74, 6) is 0.655. The summed E-state index contributed by atoms with van der Waals surface area (Å²) in [5.41, 5.74) is 2.86. The molecule has 1 heterocycles. The Morgan fingerprint density at radius 1 is 1.15 bits per heavy atom. The minimum atomic E-state index is -0.360. The Labute approximate surface area is 160 Å². The molecule has 0 unspecified atom stereocenters. The van der Waals surface area contributed by atoms with E-state index in [1.54, 1.807) is 30.3 Å². The van der Waals surface area contributed by atoms with Crippen molar-refractivity contribution in [2.45, 2.75) is 9.99 Å². The Hall–Kier alpha value is -2.70. The van der Waals surface area contributed by atoms with Crippen LogP contribution in [0.25, 0.3) is 0 Å². The summed E-state index contributed by atoms with van der Waals surface area (Å²) in [4.78, 5) is 13.1. The molecule has 0 aliphatic heterocycles. The summed E-state index contributed by atoms with van der Waals surface area (Å²) in [6.45, 7) is 0. The maximum Gasteiger partial charge on any atom is 0.275 e. The second kappa shape index (κ2) is 8.60. The number of carbonyl (C=O) groups is 1. The van der Waals surface area contributed by atoms with Crippen LogP contribution in [0.15, 0.2) is 80.2 Å². The first-order chi connectivity index (χ1) is 12.7. The summed E-state index contributed by atoms with van der Waals surface area (Å²) in [7, 11) is 1.51. The molecule has 3 aromatic rings. The highest BCUT2D eigenvalue weighted by Gasteiger charge is 2.10. The lowest BCUT2D eigenvalue weighted by atomic mass is 10.2. The fraction of sp³-hybridized carbons (Fsp3) is 0.0526. The minimum absolute atomic E-state index is 0.360. The highest BCUT2D eigenvalue weighted by atomic mass is 35.5. The number of hydrogen-bond acceptors (Lipinski definition) is 5. The van der Waals surface area contributed by atoms with Gasteiger partial charge in [-0.05, 0) is 48.5 Å². The number of carbonyl (C=O) groups excluding carboxylic acids is 1. The molecule has 0 spiro atoms. The Morgan fingerprint density at radius 2 is 1.92 bits per heavy atom. The monoisotopic (exact) mass is 386 g/mol. The zero-order chi connectivity index (χ0) is 18.4. The normalized spacial score (nSPS) is 10.8. The van der Waals surface area contributed by atoms with Crippen molar-refractivity contribution >= 4 is 35.5 Å². The molecule has 5 nitrogen and oxygen atoms in total. The van der Waals surface area contributed by atoms with E-state index in [1.165, 1.54) is 25.1 Å². The van der Waals surface area contributed by atoms with Crippen molar-refractivity contribution in [3.63, 3.8) is 0 Å². The van der Waals surface area contributed by atoms with Crippen molar-refractivity contribution < 1.29 is 13.9 Å². The number of nitrogens with one attached hydrogen (secondary N) is 1. The molecule has 0 aliphatic carbocycles. The number of ether oxygens (including phenoxy) is 1. The molecule has 1 N–H and O–H groups in total. The van der Waals surface area contributed by atoms with Gasteiger partial charge >= 0.3 is 0 Å². The van der Waals surface area contributed by atoms with E-state index in [0.717, 1.165) is 4.90 Å². The highest BCUT2D eigenvalue weighted by molar-refractivity contribution is 7.99. The van der Waals surface area contributed by atoms with E-state index in [4.69, 9.17) is 20.8 Å². The Balaban J connectivity index is 1.60. The van der Waals surface area contributed by atoms with Crippen LogP contribution in [-0.4, -0.2) is 19.2 Å². The number of rotatable bonds is 6. The maximum absolute atomic E-state index is 12.1. The fourth-order valence-electron chi connectivity index (χ4n) is 2.12. The van der Waals surface area contributed by atoms with Gasteiger partial charge in [0.25, 0.3) is 5.91 Å². The summed E-state index contributed by atoms with van der Waals surface area (Å²) in [6, 6.07) is 18.0. The number of hydrazone groups is 1. The number of para-hydroxylation sites is 1. The SMILES string of the molecule is COc1ccccc1C(=O)N/N=C/c1ccc(Sc2ccc(Cl)cc2)o1. The van der Waals surface area contributed by atoms with Crippen molar-refractivity contribution in [2.75, 3.05) is 7.11 Å². The largest absolute Gasteiger partial charge is 0.496 e. The second-order valence-electron chi connectivity index (χ2n) is 5.11. The standard InChI is InChI=1S/C19H15ClN2O3S/c1-24-17-5-3-2-4-16(17)19(23)22-21-12-14-8-11-18(25-14)26-15-9-6-13(20)7-10-15/h2-12H,1H3,(H,22,23)/b21-12+. The molecule has 2 aromatic carbocycles. The van der Waals surface area contributed by atoms with Gasteiger partial charge in [0.2, 0.25) is 0 Å². The average molecular weight is 387 g/mol. The lowest BCUT2D eigenvalue weighted by Crippen LogP contribution is -2.18. The first kappa shape index (κ1) is 18.1. The third kappa shape index (κ3) is 4.68. The maximum atomic E-state index is 12.1. The second-order valence-corrected chi connectivity index (χ2v) is 6.63. The molecule has 7 heteroatoms. The van der Waals surface area contributed by atoms with Gasteiger partial charge in [0.05, 0.1) is 18.9 Å². The molecule has 0 atom stereocenters. The molecule has 0 saturated carbocycles. The lowest BCUT2D eigenvalue weighted by molar-refractivity contribution is 0.0952. The Bertz CT molecular complexity index is 923. The number of furan rings is 1. The van der Waals surface area contributed by atoms with Gasteiger partial charge in [-0.15, -0.1) is 0 Å². The molecule has 3 rings (SSSR count). The van der Waals surface area contributed by atoms with Crippen LogP contribution in [0.5, 0.6) is 5.75 Å². The number of nitrogens with zero attached hydrogens (tertiary/aromatic N) is 1. The van der Waals surface area contributed by atoms with Crippen molar-refractivity contribution in [2.24, 2.45) is 5.10 Å². The molecular formula is C19H15ClN2O3S. The van der Waals surface area contributed by atoms with Gasteiger partial charge in [0.15, 0.2) is 5.09 Å². The van der Waals surface area contributed by atoms with Gasteiger partial charge in [0.1, 0.15) is 11.5 Å².